The predicted molar refractivity (Wildman–Crippen MR) is 74.2 cm³/mol. The third-order valence-electron chi connectivity index (χ3n) is 4.27. The van der Waals surface area contributed by atoms with E-state index in [0.29, 0.717) is 22.4 Å². The van der Waals surface area contributed by atoms with Crippen LogP contribution in [0.3, 0.4) is 0 Å². The lowest BCUT2D eigenvalue weighted by atomic mass is 9.78. The number of hydrogen-bond acceptors (Lipinski definition) is 3. The second-order valence-corrected chi connectivity index (χ2v) is 5.39. The zero-order valence-electron chi connectivity index (χ0n) is 11.0. The van der Waals surface area contributed by atoms with E-state index in [1.54, 1.807) is 24.4 Å². The van der Waals surface area contributed by atoms with Crippen LogP contribution in [0.15, 0.2) is 30.5 Å². The van der Waals surface area contributed by atoms with Gasteiger partial charge in [0.25, 0.3) is 0 Å². The Kier molecular flexibility index (Phi) is 2.36. The van der Waals surface area contributed by atoms with Gasteiger partial charge < -0.3 is 0 Å². The van der Waals surface area contributed by atoms with Crippen LogP contribution in [-0.2, 0) is 12.8 Å². The molecule has 2 aromatic rings. The van der Waals surface area contributed by atoms with Crippen molar-refractivity contribution in [2.24, 2.45) is 0 Å². The Balaban J connectivity index is 2.02. The molecule has 0 unspecified atom stereocenters. The van der Waals surface area contributed by atoms with Gasteiger partial charge in [0.2, 0.25) is 5.78 Å². The fourth-order valence-corrected chi connectivity index (χ4v) is 3.31. The fraction of sp³-hybridized carbons (Fsp3) is 0.235. The van der Waals surface area contributed by atoms with Crippen molar-refractivity contribution in [3.63, 3.8) is 0 Å². The predicted octanol–water partition coefficient (Wildman–Crippen LogP) is 2.74. The largest absolute Gasteiger partial charge is 0.288 e. The average molecular weight is 263 g/mol. The van der Waals surface area contributed by atoms with Crippen LogP contribution in [0.25, 0.3) is 0 Å². The molecule has 0 N–H and O–H groups in total. The zero-order valence-corrected chi connectivity index (χ0v) is 11.0. The number of rotatable bonds is 0. The van der Waals surface area contributed by atoms with Gasteiger partial charge >= 0.3 is 0 Å². The maximum absolute atomic E-state index is 12.7. The molecule has 0 saturated heterocycles. The van der Waals surface area contributed by atoms with Crippen LogP contribution in [0, 0.1) is 0 Å². The number of fused-ring (bicyclic) bond motifs is 4. The SMILES string of the molecule is O=C1c2ccc3c(c2C(=O)c2cccnc21)CCCC3. The first-order valence-electron chi connectivity index (χ1n) is 6.96. The minimum atomic E-state index is -0.122. The Labute approximate surface area is 116 Å². The second-order valence-electron chi connectivity index (χ2n) is 5.39. The van der Waals surface area contributed by atoms with Crippen LogP contribution in [0.1, 0.15) is 55.9 Å². The number of ketones is 2. The number of carbonyl (C=O) groups is 2. The second kappa shape index (κ2) is 4.10. The van der Waals surface area contributed by atoms with Gasteiger partial charge in [-0.2, -0.15) is 0 Å². The van der Waals surface area contributed by atoms with E-state index < -0.39 is 0 Å². The number of carbonyl (C=O) groups excluding carboxylic acids is 2. The van der Waals surface area contributed by atoms with Crippen LogP contribution in [0.4, 0.5) is 0 Å². The Morgan fingerprint density at radius 2 is 1.75 bits per heavy atom. The molecule has 0 bridgehead atoms. The lowest BCUT2D eigenvalue weighted by Crippen LogP contribution is -2.25. The maximum Gasteiger partial charge on any atom is 0.212 e. The highest BCUT2D eigenvalue weighted by Gasteiger charge is 2.33. The molecule has 0 aliphatic heterocycles. The van der Waals surface area contributed by atoms with Gasteiger partial charge in [-0.3, -0.25) is 14.6 Å². The third-order valence-corrected chi connectivity index (χ3v) is 4.27. The highest BCUT2D eigenvalue weighted by atomic mass is 16.1. The Hall–Kier alpha value is -2.29. The molecule has 2 aliphatic rings. The van der Waals surface area contributed by atoms with Crippen molar-refractivity contribution in [2.45, 2.75) is 25.7 Å². The number of benzene rings is 1. The summed E-state index contributed by atoms with van der Waals surface area (Å²) in [6.45, 7) is 0. The molecule has 0 radical (unpaired) electrons. The van der Waals surface area contributed by atoms with E-state index in [9.17, 15) is 9.59 Å². The van der Waals surface area contributed by atoms with E-state index in [4.69, 9.17) is 0 Å². The minimum absolute atomic E-state index is 0.0403. The average Bonchev–Trinajstić information content (AvgIpc) is 2.51. The summed E-state index contributed by atoms with van der Waals surface area (Å²) >= 11 is 0. The zero-order chi connectivity index (χ0) is 13.7. The van der Waals surface area contributed by atoms with Crippen LogP contribution in [-0.4, -0.2) is 16.6 Å². The summed E-state index contributed by atoms with van der Waals surface area (Å²) in [5.41, 5.74) is 4.21. The van der Waals surface area contributed by atoms with Crippen LogP contribution >= 0.6 is 0 Å². The summed E-state index contributed by atoms with van der Waals surface area (Å²) in [5.74, 6) is -0.162. The summed E-state index contributed by atoms with van der Waals surface area (Å²) in [5, 5.41) is 0. The molecular weight excluding hydrogens is 250 g/mol. The summed E-state index contributed by atoms with van der Waals surface area (Å²) in [6.07, 6.45) is 5.71. The molecule has 98 valence electrons. The van der Waals surface area contributed by atoms with Gasteiger partial charge in [0.1, 0.15) is 5.69 Å². The monoisotopic (exact) mass is 263 g/mol. The molecule has 1 aromatic carbocycles. The van der Waals surface area contributed by atoms with Gasteiger partial charge in [0, 0.05) is 17.3 Å². The fourth-order valence-electron chi connectivity index (χ4n) is 3.31. The number of aryl methyl sites for hydroxylation is 1. The molecule has 3 nitrogen and oxygen atoms in total. The summed E-state index contributed by atoms with van der Waals surface area (Å²) in [6, 6.07) is 7.22. The van der Waals surface area contributed by atoms with E-state index >= 15 is 0 Å². The molecule has 0 spiro atoms. The molecule has 2 aliphatic carbocycles. The number of nitrogens with zero attached hydrogens (tertiary/aromatic N) is 1. The van der Waals surface area contributed by atoms with Gasteiger partial charge in [-0.05, 0) is 55.0 Å². The van der Waals surface area contributed by atoms with Crippen molar-refractivity contribution in [1.82, 2.24) is 4.98 Å². The quantitative estimate of drug-likeness (QED) is 0.626. The molecule has 20 heavy (non-hydrogen) atoms. The van der Waals surface area contributed by atoms with Crippen molar-refractivity contribution in [1.29, 1.82) is 0 Å². The number of hydrogen-bond donors (Lipinski definition) is 0. The van der Waals surface area contributed by atoms with Crippen molar-refractivity contribution in [2.75, 3.05) is 0 Å². The summed E-state index contributed by atoms with van der Waals surface area (Å²) < 4.78 is 0. The van der Waals surface area contributed by atoms with Gasteiger partial charge in [-0.1, -0.05) is 6.07 Å². The molecule has 0 saturated carbocycles. The molecule has 0 amide bonds. The molecule has 4 rings (SSSR count). The van der Waals surface area contributed by atoms with Crippen molar-refractivity contribution in [3.8, 4) is 0 Å². The number of pyridine rings is 1. The molecule has 0 atom stereocenters. The van der Waals surface area contributed by atoms with Crippen LogP contribution in [0.5, 0.6) is 0 Å². The third kappa shape index (κ3) is 1.43. The van der Waals surface area contributed by atoms with Crippen LogP contribution in [0.2, 0.25) is 0 Å². The lowest BCUT2D eigenvalue weighted by Gasteiger charge is -2.24. The Bertz CT molecular complexity index is 762. The Morgan fingerprint density at radius 3 is 2.65 bits per heavy atom. The van der Waals surface area contributed by atoms with E-state index in [1.165, 1.54) is 5.56 Å². The Morgan fingerprint density at radius 1 is 0.900 bits per heavy atom. The standard InChI is InChI=1S/C17H13NO2/c19-16-13-6-3-9-18-15(13)17(20)12-8-7-10-4-1-2-5-11(10)14(12)16/h3,6-9H,1-2,4-5H2. The normalized spacial score (nSPS) is 16.4. The molecule has 1 heterocycles. The first kappa shape index (κ1) is 11.5. The van der Waals surface area contributed by atoms with E-state index in [1.807, 2.05) is 6.07 Å². The first-order chi connectivity index (χ1) is 9.77. The maximum atomic E-state index is 12.7. The van der Waals surface area contributed by atoms with Crippen molar-refractivity contribution in [3.05, 3.63) is 64.0 Å². The van der Waals surface area contributed by atoms with E-state index in [0.717, 1.165) is 31.2 Å². The smallest absolute Gasteiger partial charge is 0.212 e. The van der Waals surface area contributed by atoms with Crippen molar-refractivity contribution >= 4 is 11.6 Å². The molecule has 3 heteroatoms. The summed E-state index contributed by atoms with van der Waals surface area (Å²) in [4.78, 5) is 29.3. The molecule has 0 fully saturated rings. The first-order valence-corrected chi connectivity index (χ1v) is 6.96. The van der Waals surface area contributed by atoms with Gasteiger partial charge in [-0.25, -0.2) is 0 Å². The lowest BCUT2D eigenvalue weighted by molar-refractivity contribution is 0.0974. The topological polar surface area (TPSA) is 47.0 Å². The highest BCUT2D eigenvalue weighted by Crippen LogP contribution is 2.33. The molecular formula is C17H13NO2. The van der Waals surface area contributed by atoms with E-state index in [-0.39, 0.29) is 11.6 Å². The van der Waals surface area contributed by atoms with Crippen molar-refractivity contribution < 1.29 is 9.59 Å². The van der Waals surface area contributed by atoms with Gasteiger partial charge in [-0.15, -0.1) is 0 Å². The van der Waals surface area contributed by atoms with Crippen LogP contribution < -0.4 is 0 Å². The minimum Gasteiger partial charge on any atom is -0.288 e. The number of aromatic nitrogens is 1. The summed E-state index contributed by atoms with van der Waals surface area (Å²) in [7, 11) is 0. The highest BCUT2D eigenvalue weighted by molar-refractivity contribution is 6.28. The van der Waals surface area contributed by atoms with E-state index in [2.05, 4.69) is 4.98 Å². The molecule has 1 aromatic heterocycles. The van der Waals surface area contributed by atoms with Gasteiger partial charge in [0.05, 0.1) is 5.56 Å². The van der Waals surface area contributed by atoms with Gasteiger partial charge in [0.15, 0.2) is 5.78 Å².